The van der Waals surface area contributed by atoms with Crippen molar-refractivity contribution < 1.29 is 9.59 Å². The number of carbonyl (C=O) groups is 2. The molecule has 0 rings (SSSR count). The minimum absolute atomic E-state index is 0.150. The number of hydrogen-bond acceptors (Lipinski definition) is 2. The second-order valence-corrected chi connectivity index (χ2v) is 3.43. The standard InChI is InChI=1S/C5H10O.C4H10N2O/c1-4(2)5(3)6;1-3(2)6-4(5)7/h4H,1-3H3;3H,1-2H3,(H3,5,6,7). The monoisotopic (exact) mass is 188 g/mol. The number of primary amides is 1. The van der Waals surface area contributed by atoms with E-state index in [2.05, 4.69) is 5.32 Å². The van der Waals surface area contributed by atoms with Gasteiger partial charge in [0.05, 0.1) is 0 Å². The molecule has 4 nitrogen and oxygen atoms in total. The van der Waals surface area contributed by atoms with Gasteiger partial charge in [0.1, 0.15) is 5.78 Å². The summed E-state index contributed by atoms with van der Waals surface area (Å²) in [5.74, 6) is 0.472. The summed E-state index contributed by atoms with van der Waals surface area (Å²) in [4.78, 5) is 20.1. The molecule has 2 amide bonds. The molecule has 0 aliphatic carbocycles. The molecule has 0 atom stereocenters. The van der Waals surface area contributed by atoms with E-state index in [1.54, 1.807) is 6.92 Å². The highest BCUT2D eigenvalue weighted by atomic mass is 16.2. The van der Waals surface area contributed by atoms with Crippen LogP contribution in [0.5, 0.6) is 0 Å². The van der Waals surface area contributed by atoms with E-state index in [0.717, 1.165) is 0 Å². The van der Waals surface area contributed by atoms with Crippen molar-refractivity contribution in [3.8, 4) is 0 Å². The number of nitrogens with two attached hydrogens (primary N) is 1. The van der Waals surface area contributed by atoms with Crippen molar-refractivity contribution in [2.45, 2.75) is 40.7 Å². The molecule has 0 aliphatic rings. The maximum absolute atomic E-state index is 10.1. The van der Waals surface area contributed by atoms with Gasteiger partial charge in [-0.2, -0.15) is 0 Å². The van der Waals surface area contributed by atoms with Crippen molar-refractivity contribution in [3.63, 3.8) is 0 Å². The molecule has 0 aromatic carbocycles. The predicted molar refractivity (Wildman–Crippen MR) is 53.4 cm³/mol. The van der Waals surface area contributed by atoms with Gasteiger partial charge in [-0.1, -0.05) is 13.8 Å². The SMILES string of the molecule is CC(=O)C(C)C.CC(C)NC(N)=O. The summed E-state index contributed by atoms with van der Waals surface area (Å²) in [7, 11) is 0. The molecule has 0 aromatic rings. The van der Waals surface area contributed by atoms with Crippen molar-refractivity contribution >= 4 is 11.8 Å². The Morgan fingerprint density at radius 3 is 1.46 bits per heavy atom. The first-order chi connectivity index (χ1) is 5.77. The molecule has 0 saturated heterocycles. The van der Waals surface area contributed by atoms with Crippen LogP contribution >= 0.6 is 0 Å². The molecular weight excluding hydrogens is 168 g/mol. The summed E-state index contributed by atoms with van der Waals surface area (Å²) < 4.78 is 0. The van der Waals surface area contributed by atoms with E-state index in [-0.39, 0.29) is 17.7 Å². The van der Waals surface area contributed by atoms with E-state index >= 15 is 0 Å². The van der Waals surface area contributed by atoms with Crippen LogP contribution < -0.4 is 11.1 Å². The minimum atomic E-state index is -0.463. The van der Waals surface area contributed by atoms with Gasteiger partial charge in [-0.25, -0.2) is 4.79 Å². The minimum Gasteiger partial charge on any atom is -0.352 e. The average molecular weight is 188 g/mol. The third-order valence-electron chi connectivity index (χ3n) is 1.24. The predicted octanol–water partition coefficient (Wildman–Crippen LogP) is 1.29. The van der Waals surface area contributed by atoms with Crippen molar-refractivity contribution in [2.75, 3.05) is 0 Å². The van der Waals surface area contributed by atoms with Gasteiger partial charge in [0.2, 0.25) is 0 Å². The Hall–Kier alpha value is -1.06. The Morgan fingerprint density at radius 2 is 1.46 bits per heavy atom. The lowest BCUT2D eigenvalue weighted by atomic mass is 10.1. The Labute approximate surface area is 79.9 Å². The fraction of sp³-hybridized carbons (Fsp3) is 0.778. The van der Waals surface area contributed by atoms with E-state index in [0.29, 0.717) is 0 Å². The number of hydrogen-bond donors (Lipinski definition) is 2. The van der Waals surface area contributed by atoms with Crippen LogP contribution in [0.2, 0.25) is 0 Å². The summed E-state index contributed by atoms with van der Waals surface area (Å²) >= 11 is 0. The lowest BCUT2D eigenvalue weighted by Crippen LogP contribution is -2.34. The van der Waals surface area contributed by atoms with E-state index in [9.17, 15) is 9.59 Å². The lowest BCUT2D eigenvalue weighted by molar-refractivity contribution is -0.119. The van der Waals surface area contributed by atoms with Crippen molar-refractivity contribution in [3.05, 3.63) is 0 Å². The van der Waals surface area contributed by atoms with Crippen molar-refractivity contribution in [2.24, 2.45) is 11.7 Å². The number of Topliss-reactive ketones (excluding diaryl/α,β-unsaturated/α-hetero) is 1. The Bertz CT molecular complexity index is 165. The summed E-state index contributed by atoms with van der Waals surface area (Å²) in [5, 5.41) is 2.44. The molecule has 0 spiro atoms. The van der Waals surface area contributed by atoms with Crippen LogP contribution in [-0.4, -0.2) is 17.9 Å². The van der Waals surface area contributed by atoms with Gasteiger partial charge >= 0.3 is 6.03 Å². The lowest BCUT2D eigenvalue weighted by Gasteiger charge is -2.01. The molecule has 0 unspecified atom stereocenters. The number of nitrogens with one attached hydrogen (secondary N) is 1. The van der Waals surface area contributed by atoms with Crippen LogP contribution in [0.1, 0.15) is 34.6 Å². The highest BCUT2D eigenvalue weighted by Crippen LogP contribution is 1.89. The molecule has 0 aliphatic heterocycles. The topological polar surface area (TPSA) is 72.2 Å². The molecule has 4 heteroatoms. The Kier molecular flexibility index (Phi) is 8.44. The first-order valence-electron chi connectivity index (χ1n) is 4.33. The van der Waals surface area contributed by atoms with Crippen LogP contribution in [0.15, 0.2) is 0 Å². The first kappa shape index (κ1) is 14.5. The highest BCUT2D eigenvalue weighted by molar-refractivity contribution is 5.77. The van der Waals surface area contributed by atoms with E-state index in [1.165, 1.54) is 0 Å². The van der Waals surface area contributed by atoms with Gasteiger partial charge < -0.3 is 11.1 Å². The molecule has 3 N–H and O–H groups in total. The van der Waals surface area contributed by atoms with Gasteiger partial charge in [-0.05, 0) is 20.8 Å². The van der Waals surface area contributed by atoms with Crippen molar-refractivity contribution in [1.82, 2.24) is 5.32 Å². The van der Waals surface area contributed by atoms with Crippen molar-refractivity contribution in [1.29, 1.82) is 0 Å². The fourth-order valence-electron chi connectivity index (χ4n) is 0.285. The van der Waals surface area contributed by atoms with Crippen LogP contribution in [-0.2, 0) is 4.79 Å². The normalized spacial score (nSPS) is 9.15. The van der Waals surface area contributed by atoms with Crippen LogP contribution in [0.25, 0.3) is 0 Å². The first-order valence-corrected chi connectivity index (χ1v) is 4.33. The number of rotatable bonds is 2. The Morgan fingerprint density at radius 1 is 1.15 bits per heavy atom. The largest absolute Gasteiger partial charge is 0.352 e. The van der Waals surface area contributed by atoms with E-state index in [4.69, 9.17) is 5.73 Å². The number of carbonyl (C=O) groups excluding carboxylic acids is 2. The summed E-state index contributed by atoms with van der Waals surface area (Å²) in [6.45, 7) is 9.09. The molecular formula is C9H20N2O2. The smallest absolute Gasteiger partial charge is 0.312 e. The Balaban J connectivity index is 0. The molecule has 0 bridgehead atoms. The molecule has 0 radical (unpaired) electrons. The second-order valence-electron chi connectivity index (χ2n) is 3.43. The third kappa shape index (κ3) is 18.2. The van der Waals surface area contributed by atoms with Crippen LogP contribution in [0.4, 0.5) is 4.79 Å². The molecule has 0 fully saturated rings. The highest BCUT2D eigenvalue weighted by Gasteiger charge is 1.95. The summed E-state index contributed by atoms with van der Waals surface area (Å²) in [5.41, 5.74) is 4.74. The van der Waals surface area contributed by atoms with Crippen LogP contribution in [0, 0.1) is 5.92 Å². The zero-order valence-electron chi connectivity index (χ0n) is 9.05. The van der Waals surface area contributed by atoms with Gasteiger partial charge in [-0.3, -0.25) is 4.79 Å². The molecule has 0 aromatic heterocycles. The fourth-order valence-corrected chi connectivity index (χ4v) is 0.285. The maximum Gasteiger partial charge on any atom is 0.312 e. The van der Waals surface area contributed by atoms with Gasteiger partial charge in [0.15, 0.2) is 0 Å². The zero-order chi connectivity index (χ0) is 11.0. The van der Waals surface area contributed by atoms with E-state index < -0.39 is 6.03 Å². The van der Waals surface area contributed by atoms with Gasteiger partial charge in [0, 0.05) is 12.0 Å². The van der Waals surface area contributed by atoms with E-state index in [1.807, 2.05) is 27.7 Å². The maximum atomic E-state index is 10.1. The zero-order valence-corrected chi connectivity index (χ0v) is 9.05. The number of urea groups is 1. The molecule has 78 valence electrons. The quantitative estimate of drug-likeness (QED) is 0.685. The molecule has 0 heterocycles. The summed E-state index contributed by atoms with van der Waals surface area (Å²) in [6.07, 6.45) is 0. The number of ketones is 1. The second kappa shape index (κ2) is 7.58. The van der Waals surface area contributed by atoms with Gasteiger partial charge in [-0.15, -0.1) is 0 Å². The summed E-state index contributed by atoms with van der Waals surface area (Å²) in [6, 6.07) is -0.312. The molecule has 13 heavy (non-hydrogen) atoms. The van der Waals surface area contributed by atoms with Gasteiger partial charge in [0.25, 0.3) is 0 Å². The average Bonchev–Trinajstić information content (AvgIpc) is 1.84. The molecule has 0 saturated carbocycles. The number of amides is 2. The third-order valence-corrected chi connectivity index (χ3v) is 1.24. The van der Waals surface area contributed by atoms with Crippen LogP contribution in [0.3, 0.4) is 0 Å².